The maximum absolute atomic E-state index is 13.1. The first kappa shape index (κ1) is 22.7. The van der Waals surface area contributed by atoms with Gasteiger partial charge < -0.3 is 24.4 Å². The van der Waals surface area contributed by atoms with Gasteiger partial charge in [0.25, 0.3) is 11.7 Å². The van der Waals surface area contributed by atoms with Gasteiger partial charge in [0.1, 0.15) is 5.76 Å². The van der Waals surface area contributed by atoms with E-state index in [2.05, 4.69) is 0 Å². The molecule has 2 aromatic rings. The van der Waals surface area contributed by atoms with Crippen LogP contribution in [0.2, 0.25) is 5.02 Å². The van der Waals surface area contributed by atoms with Gasteiger partial charge in [-0.05, 0) is 32.3 Å². The van der Waals surface area contributed by atoms with Crippen LogP contribution in [0.3, 0.4) is 0 Å². The first-order valence-electron chi connectivity index (χ1n) is 9.70. The van der Waals surface area contributed by atoms with Crippen LogP contribution in [0.25, 0.3) is 5.76 Å². The summed E-state index contributed by atoms with van der Waals surface area (Å²) in [5.41, 5.74) is 0.880. The summed E-state index contributed by atoms with van der Waals surface area (Å²) in [7, 11) is 6.76. The van der Waals surface area contributed by atoms with Gasteiger partial charge in [-0.25, -0.2) is 0 Å². The first-order valence-corrected chi connectivity index (χ1v) is 10.1. The second-order valence-electron chi connectivity index (χ2n) is 7.39. The molecule has 2 aromatic carbocycles. The van der Waals surface area contributed by atoms with Gasteiger partial charge in [-0.2, -0.15) is 0 Å². The number of likely N-dealkylation sites (N-methyl/N-ethyl adjacent to an activating group) is 1. The zero-order valence-electron chi connectivity index (χ0n) is 17.9. The van der Waals surface area contributed by atoms with Gasteiger partial charge in [0.2, 0.25) is 0 Å². The van der Waals surface area contributed by atoms with E-state index < -0.39 is 17.7 Å². The summed E-state index contributed by atoms with van der Waals surface area (Å²) < 4.78 is 11.0. The van der Waals surface area contributed by atoms with Crippen molar-refractivity contribution in [2.75, 3.05) is 41.4 Å². The molecule has 1 aliphatic heterocycles. The molecule has 1 aliphatic rings. The summed E-state index contributed by atoms with van der Waals surface area (Å²) in [5.74, 6) is -0.876. The van der Waals surface area contributed by atoms with Gasteiger partial charge in [0, 0.05) is 29.2 Å². The average Bonchev–Trinajstić information content (AvgIpc) is 3.00. The van der Waals surface area contributed by atoms with E-state index in [0.29, 0.717) is 34.2 Å². The summed E-state index contributed by atoms with van der Waals surface area (Å²) >= 11 is 6.08. The monoisotopic (exact) mass is 444 g/mol. The minimum atomic E-state index is -0.844. The second kappa shape index (κ2) is 9.41. The van der Waals surface area contributed by atoms with Crippen molar-refractivity contribution in [2.24, 2.45) is 0 Å². The number of carbonyl (C=O) groups excluding carboxylic acids is 2. The summed E-state index contributed by atoms with van der Waals surface area (Å²) in [5, 5.41) is 11.5. The van der Waals surface area contributed by atoms with E-state index in [4.69, 9.17) is 21.1 Å². The standard InChI is InChI=1S/C23H25ClN2O5/c1-25(2)11-12-26-19(16-9-6-10-17(30-3)22(16)31-4)18(21(28)23(26)29)20(27)14-7-5-8-15(24)13-14/h5-10,13,19,27H,11-12H2,1-4H3/b20-18+. The number of ether oxygens (including phenoxy) is 2. The number of amides is 1. The molecule has 0 saturated carbocycles. The molecule has 1 amide bonds. The molecule has 7 nitrogen and oxygen atoms in total. The van der Waals surface area contributed by atoms with Crippen LogP contribution in [-0.2, 0) is 9.59 Å². The topological polar surface area (TPSA) is 79.3 Å². The Bertz CT molecular complexity index is 1030. The van der Waals surface area contributed by atoms with Crippen molar-refractivity contribution in [1.29, 1.82) is 0 Å². The molecule has 1 fully saturated rings. The van der Waals surface area contributed by atoms with E-state index in [0.717, 1.165) is 0 Å². The van der Waals surface area contributed by atoms with Crippen molar-refractivity contribution < 1.29 is 24.2 Å². The Morgan fingerprint density at radius 1 is 1.13 bits per heavy atom. The zero-order chi connectivity index (χ0) is 22.7. The van der Waals surface area contributed by atoms with Crippen LogP contribution in [0, 0.1) is 0 Å². The Morgan fingerprint density at radius 3 is 2.45 bits per heavy atom. The van der Waals surface area contributed by atoms with Crippen LogP contribution < -0.4 is 9.47 Å². The SMILES string of the molecule is COc1cccc(C2/C(=C(\O)c3cccc(Cl)c3)C(=O)C(=O)N2CCN(C)C)c1OC. The highest BCUT2D eigenvalue weighted by molar-refractivity contribution is 6.46. The number of methoxy groups -OCH3 is 2. The van der Waals surface area contributed by atoms with E-state index in [1.54, 1.807) is 42.5 Å². The fourth-order valence-corrected chi connectivity index (χ4v) is 3.85. The van der Waals surface area contributed by atoms with Crippen molar-refractivity contribution >= 4 is 29.1 Å². The van der Waals surface area contributed by atoms with Gasteiger partial charge in [-0.3, -0.25) is 9.59 Å². The number of aliphatic hydroxyl groups excluding tert-OH is 1. The lowest BCUT2D eigenvalue weighted by Gasteiger charge is -2.28. The lowest BCUT2D eigenvalue weighted by atomic mass is 9.94. The Morgan fingerprint density at radius 2 is 1.84 bits per heavy atom. The maximum Gasteiger partial charge on any atom is 0.295 e. The number of aliphatic hydroxyl groups is 1. The quantitative estimate of drug-likeness (QED) is 0.401. The summed E-state index contributed by atoms with van der Waals surface area (Å²) in [6.07, 6.45) is 0. The molecule has 0 spiro atoms. The highest BCUT2D eigenvalue weighted by Gasteiger charge is 2.47. The molecule has 0 radical (unpaired) electrons. The molecular weight excluding hydrogens is 420 g/mol. The van der Waals surface area contributed by atoms with Crippen LogP contribution in [0.5, 0.6) is 11.5 Å². The number of rotatable bonds is 7. The molecule has 1 N–H and O–H groups in total. The lowest BCUT2D eigenvalue weighted by molar-refractivity contribution is -0.140. The largest absolute Gasteiger partial charge is 0.507 e. The number of nitrogens with zero attached hydrogens (tertiary/aromatic N) is 2. The number of benzene rings is 2. The average molecular weight is 445 g/mol. The molecule has 8 heteroatoms. The van der Waals surface area contributed by atoms with Gasteiger partial charge in [-0.1, -0.05) is 35.9 Å². The second-order valence-corrected chi connectivity index (χ2v) is 7.83. The summed E-state index contributed by atoms with van der Waals surface area (Å²) in [4.78, 5) is 29.4. The molecule has 1 atom stereocenters. The smallest absolute Gasteiger partial charge is 0.295 e. The normalized spacial score (nSPS) is 18.0. The molecular formula is C23H25ClN2O5. The van der Waals surface area contributed by atoms with E-state index in [9.17, 15) is 14.7 Å². The Labute approximate surface area is 186 Å². The number of hydrogen-bond donors (Lipinski definition) is 1. The Kier molecular flexibility index (Phi) is 6.87. The molecule has 1 heterocycles. The zero-order valence-corrected chi connectivity index (χ0v) is 18.6. The summed E-state index contributed by atoms with van der Waals surface area (Å²) in [6, 6.07) is 10.9. The number of halogens is 1. The summed E-state index contributed by atoms with van der Waals surface area (Å²) in [6.45, 7) is 0.821. The van der Waals surface area contributed by atoms with Crippen LogP contribution in [0.4, 0.5) is 0 Å². The van der Waals surface area contributed by atoms with Crippen LogP contribution >= 0.6 is 11.6 Å². The van der Waals surface area contributed by atoms with Gasteiger partial charge in [-0.15, -0.1) is 0 Å². The van der Waals surface area contributed by atoms with Crippen LogP contribution in [-0.4, -0.2) is 68.0 Å². The van der Waals surface area contributed by atoms with Gasteiger partial charge in [0.15, 0.2) is 11.5 Å². The van der Waals surface area contributed by atoms with Crippen molar-refractivity contribution in [1.82, 2.24) is 9.80 Å². The minimum absolute atomic E-state index is 0.0161. The maximum atomic E-state index is 13.1. The van der Waals surface area contributed by atoms with Crippen molar-refractivity contribution in [3.63, 3.8) is 0 Å². The number of likely N-dealkylation sites (tertiary alicyclic amines) is 1. The third kappa shape index (κ3) is 4.38. The van der Waals surface area contributed by atoms with E-state index in [1.165, 1.54) is 19.1 Å². The van der Waals surface area contributed by atoms with Crippen LogP contribution in [0.1, 0.15) is 17.2 Å². The molecule has 31 heavy (non-hydrogen) atoms. The Hall–Kier alpha value is -3.03. The van der Waals surface area contributed by atoms with E-state index in [1.807, 2.05) is 19.0 Å². The molecule has 0 aromatic heterocycles. The molecule has 164 valence electrons. The number of hydrogen-bond acceptors (Lipinski definition) is 6. The predicted octanol–water partition coefficient (Wildman–Crippen LogP) is 3.34. The fourth-order valence-electron chi connectivity index (χ4n) is 3.66. The van der Waals surface area contributed by atoms with E-state index >= 15 is 0 Å². The molecule has 1 saturated heterocycles. The lowest BCUT2D eigenvalue weighted by Crippen LogP contribution is -2.35. The number of carbonyl (C=O) groups is 2. The third-order valence-electron chi connectivity index (χ3n) is 5.15. The minimum Gasteiger partial charge on any atom is -0.507 e. The fraction of sp³-hybridized carbons (Fsp3) is 0.304. The van der Waals surface area contributed by atoms with E-state index in [-0.39, 0.29) is 17.9 Å². The number of para-hydroxylation sites is 1. The Balaban J connectivity index is 2.25. The molecule has 1 unspecified atom stereocenters. The molecule has 0 aliphatic carbocycles. The van der Waals surface area contributed by atoms with Crippen molar-refractivity contribution in [3.8, 4) is 11.5 Å². The first-order chi connectivity index (χ1) is 14.8. The number of Topliss-reactive ketones (excluding diaryl/α,β-unsaturated/α-hetero) is 1. The predicted molar refractivity (Wildman–Crippen MR) is 119 cm³/mol. The highest BCUT2D eigenvalue weighted by atomic mass is 35.5. The van der Waals surface area contributed by atoms with Crippen molar-refractivity contribution in [2.45, 2.75) is 6.04 Å². The van der Waals surface area contributed by atoms with Crippen LogP contribution in [0.15, 0.2) is 48.0 Å². The highest BCUT2D eigenvalue weighted by Crippen LogP contribution is 2.45. The number of ketones is 1. The third-order valence-corrected chi connectivity index (χ3v) is 5.39. The molecule has 0 bridgehead atoms. The molecule has 3 rings (SSSR count). The van der Waals surface area contributed by atoms with Gasteiger partial charge >= 0.3 is 0 Å². The van der Waals surface area contributed by atoms with Gasteiger partial charge in [0.05, 0.1) is 25.8 Å². The van der Waals surface area contributed by atoms with Crippen molar-refractivity contribution in [3.05, 3.63) is 64.2 Å².